The summed E-state index contributed by atoms with van der Waals surface area (Å²) >= 11 is 3.42. The molecule has 0 atom stereocenters. The second-order valence-electron chi connectivity index (χ2n) is 2.93. The number of aromatic amines is 1. The van der Waals surface area contributed by atoms with Gasteiger partial charge in [-0.25, -0.2) is 4.98 Å². The molecular weight excluding hydrogens is 228 g/mol. The van der Waals surface area contributed by atoms with Crippen molar-refractivity contribution < 1.29 is 0 Å². The molecule has 0 saturated heterocycles. The Kier molecular flexibility index (Phi) is 2.19. The highest BCUT2D eigenvalue weighted by molar-refractivity contribution is 9.10. The summed E-state index contributed by atoms with van der Waals surface area (Å²) in [5.74, 6) is 0.916. The zero-order valence-corrected chi connectivity index (χ0v) is 8.80. The van der Waals surface area contributed by atoms with Gasteiger partial charge in [0.1, 0.15) is 5.82 Å². The molecule has 1 heterocycles. The Morgan fingerprint density at radius 3 is 2.85 bits per heavy atom. The third-order valence-corrected chi connectivity index (χ3v) is 2.29. The van der Waals surface area contributed by atoms with E-state index < -0.39 is 0 Å². The zero-order valence-electron chi connectivity index (χ0n) is 7.21. The molecule has 0 amide bonds. The van der Waals surface area contributed by atoms with Crippen LogP contribution in [-0.2, 0) is 0 Å². The number of rotatable bonds is 1. The summed E-state index contributed by atoms with van der Waals surface area (Å²) in [6.07, 6.45) is 1.83. The van der Waals surface area contributed by atoms with Gasteiger partial charge in [0.05, 0.1) is 0 Å². The lowest BCUT2D eigenvalue weighted by molar-refractivity contribution is 1.25. The van der Waals surface area contributed by atoms with E-state index in [1.165, 1.54) is 0 Å². The average molecular weight is 237 g/mol. The molecule has 0 spiro atoms. The molecule has 0 aliphatic carbocycles. The first-order chi connectivity index (χ1) is 6.25. The highest BCUT2D eigenvalue weighted by atomic mass is 79.9. The topological polar surface area (TPSA) is 28.7 Å². The smallest absolute Gasteiger partial charge is 0.137 e. The lowest BCUT2D eigenvalue weighted by Gasteiger charge is -1.96. The Morgan fingerprint density at radius 2 is 2.23 bits per heavy atom. The molecule has 1 N–H and O–H groups in total. The molecule has 0 fully saturated rings. The van der Waals surface area contributed by atoms with E-state index in [2.05, 4.69) is 25.9 Å². The summed E-state index contributed by atoms with van der Waals surface area (Å²) in [5, 5.41) is 0. The first-order valence-corrected chi connectivity index (χ1v) is 4.82. The van der Waals surface area contributed by atoms with E-state index in [1.807, 2.05) is 37.4 Å². The van der Waals surface area contributed by atoms with Gasteiger partial charge in [-0.1, -0.05) is 28.1 Å². The summed E-state index contributed by atoms with van der Waals surface area (Å²) in [4.78, 5) is 7.44. The van der Waals surface area contributed by atoms with E-state index >= 15 is 0 Å². The highest BCUT2D eigenvalue weighted by Gasteiger charge is 2.00. The molecule has 1 aromatic heterocycles. The number of hydrogen-bond acceptors (Lipinski definition) is 1. The van der Waals surface area contributed by atoms with Crippen molar-refractivity contribution in [2.45, 2.75) is 6.92 Å². The van der Waals surface area contributed by atoms with Gasteiger partial charge in [0.2, 0.25) is 0 Å². The van der Waals surface area contributed by atoms with Crippen molar-refractivity contribution in [1.29, 1.82) is 0 Å². The fourth-order valence-corrected chi connectivity index (χ4v) is 1.59. The number of aromatic nitrogens is 2. The van der Waals surface area contributed by atoms with Gasteiger partial charge in [-0.05, 0) is 19.1 Å². The van der Waals surface area contributed by atoms with Crippen molar-refractivity contribution in [2.75, 3.05) is 0 Å². The number of hydrogen-bond donors (Lipinski definition) is 1. The minimum Gasteiger partial charge on any atom is -0.342 e. The van der Waals surface area contributed by atoms with Gasteiger partial charge in [0.25, 0.3) is 0 Å². The normalized spacial score (nSPS) is 10.3. The van der Waals surface area contributed by atoms with Crippen LogP contribution in [0.4, 0.5) is 0 Å². The third kappa shape index (κ3) is 1.80. The summed E-state index contributed by atoms with van der Waals surface area (Å²) in [6.45, 7) is 1.99. The Hall–Kier alpha value is -1.09. The van der Waals surface area contributed by atoms with Crippen molar-refractivity contribution >= 4 is 15.9 Å². The van der Waals surface area contributed by atoms with Crippen LogP contribution >= 0.6 is 15.9 Å². The lowest BCUT2D eigenvalue weighted by Crippen LogP contribution is -1.79. The first kappa shape index (κ1) is 8.51. The van der Waals surface area contributed by atoms with Gasteiger partial charge in [0, 0.05) is 21.9 Å². The van der Waals surface area contributed by atoms with Crippen LogP contribution in [0.5, 0.6) is 0 Å². The van der Waals surface area contributed by atoms with E-state index in [0.717, 1.165) is 21.6 Å². The van der Waals surface area contributed by atoms with Gasteiger partial charge in [-0.3, -0.25) is 0 Å². The van der Waals surface area contributed by atoms with Crippen molar-refractivity contribution in [3.8, 4) is 11.4 Å². The van der Waals surface area contributed by atoms with Crippen LogP contribution in [-0.4, -0.2) is 9.97 Å². The standard InChI is InChI=1S/C10H9BrN2/c1-7-6-12-10(13-7)8-3-2-4-9(11)5-8/h2-6H,1H3,(H,12,13). The van der Waals surface area contributed by atoms with Crippen LogP contribution in [0, 0.1) is 6.92 Å². The Morgan fingerprint density at radius 1 is 1.38 bits per heavy atom. The van der Waals surface area contributed by atoms with Crippen molar-refractivity contribution in [3.63, 3.8) is 0 Å². The Labute approximate surface area is 85.1 Å². The summed E-state index contributed by atoms with van der Waals surface area (Å²) in [7, 11) is 0. The summed E-state index contributed by atoms with van der Waals surface area (Å²) in [5.41, 5.74) is 2.18. The molecule has 0 aliphatic heterocycles. The van der Waals surface area contributed by atoms with Gasteiger partial charge in [-0.15, -0.1) is 0 Å². The maximum absolute atomic E-state index is 4.25. The second-order valence-corrected chi connectivity index (χ2v) is 3.84. The second kappa shape index (κ2) is 3.34. The number of halogens is 1. The molecular formula is C10H9BrN2. The van der Waals surface area contributed by atoms with Gasteiger partial charge in [-0.2, -0.15) is 0 Å². The molecule has 0 bridgehead atoms. The molecule has 2 nitrogen and oxygen atoms in total. The van der Waals surface area contributed by atoms with Crippen LogP contribution in [0.1, 0.15) is 5.69 Å². The average Bonchev–Trinajstić information content (AvgIpc) is 2.52. The Balaban J connectivity index is 2.46. The molecule has 2 rings (SSSR count). The minimum absolute atomic E-state index is 0.916. The molecule has 0 unspecified atom stereocenters. The predicted octanol–water partition coefficient (Wildman–Crippen LogP) is 3.15. The number of nitrogens with zero attached hydrogens (tertiary/aromatic N) is 1. The highest BCUT2D eigenvalue weighted by Crippen LogP contribution is 2.19. The van der Waals surface area contributed by atoms with E-state index in [-0.39, 0.29) is 0 Å². The van der Waals surface area contributed by atoms with Crippen molar-refractivity contribution in [3.05, 3.63) is 40.6 Å². The first-order valence-electron chi connectivity index (χ1n) is 4.03. The van der Waals surface area contributed by atoms with Crippen molar-refractivity contribution in [2.24, 2.45) is 0 Å². The summed E-state index contributed by atoms with van der Waals surface area (Å²) < 4.78 is 1.07. The van der Waals surface area contributed by atoms with E-state index in [1.54, 1.807) is 0 Å². The maximum Gasteiger partial charge on any atom is 0.137 e. The predicted molar refractivity (Wildman–Crippen MR) is 56.5 cm³/mol. The number of aryl methyl sites for hydroxylation is 1. The van der Waals surface area contributed by atoms with Crippen LogP contribution in [0.25, 0.3) is 11.4 Å². The number of H-pyrrole nitrogens is 1. The quantitative estimate of drug-likeness (QED) is 0.810. The summed E-state index contributed by atoms with van der Waals surface area (Å²) in [6, 6.07) is 8.07. The largest absolute Gasteiger partial charge is 0.342 e. The molecule has 0 saturated carbocycles. The van der Waals surface area contributed by atoms with Crippen LogP contribution in [0.3, 0.4) is 0 Å². The van der Waals surface area contributed by atoms with Crippen LogP contribution < -0.4 is 0 Å². The fourth-order valence-electron chi connectivity index (χ4n) is 1.20. The molecule has 3 heteroatoms. The molecule has 1 aromatic carbocycles. The van der Waals surface area contributed by atoms with Crippen LogP contribution in [0.2, 0.25) is 0 Å². The maximum atomic E-state index is 4.25. The molecule has 0 aliphatic rings. The zero-order chi connectivity index (χ0) is 9.26. The SMILES string of the molecule is Cc1cnc(-c2cccc(Br)c2)[nH]1. The van der Waals surface area contributed by atoms with Gasteiger partial charge in [0.15, 0.2) is 0 Å². The monoisotopic (exact) mass is 236 g/mol. The minimum atomic E-state index is 0.916. The van der Waals surface area contributed by atoms with Crippen molar-refractivity contribution in [1.82, 2.24) is 9.97 Å². The van der Waals surface area contributed by atoms with Gasteiger partial charge < -0.3 is 4.98 Å². The van der Waals surface area contributed by atoms with E-state index in [4.69, 9.17) is 0 Å². The van der Waals surface area contributed by atoms with Crippen LogP contribution in [0.15, 0.2) is 34.9 Å². The number of imidazole rings is 1. The van der Waals surface area contributed by atoms with E-state index in [0.29, 0.717) is 0 Å². The van der Waals surface area contributed by atoms with Gasteiger partial charge >= 0.3 is 0 Å². The Bertz CT molecular complexity index is 420. The fraction of sp³-hybridized carbons (Fsp3) is 0.100. The lowest BCUT2D eigenvalue weighted by atomic mass is 10.2. The molecule has 66 valence electrons. The number of nitrogens with one attached hydrogen (secondary N) is 1. The third-order valence-electron chi connectivity index (χ3n) is 1.80. The molecule has 13 heavy (non-hydrogen) atoms. The number of benzene rings is 1. The molecule has 2 aromatic rings. The molecule has 0 radical (unpaired) electrons. The van der Waals surface area contributed by atoms with E-state index in [9.17, 15) is 0 Å².